The topological polar surface area (TPSA) is 53.9 Å². The van der Waals surface area contributed by atoms with Crippen LogP contribution < -0.4 is 16.0 Å². The van der Waals surface area contributed by atoms with Gasteiger partial charge in [-0.2, -0.15) is 0 Å². The van der Waals surface area contributed by atoms with Crippen LogP contribution in [0, 0.1) is 0 Å². The largest absolute Gasteiger partial charge is 0.308 e. The Morgan fingerprint density at radius 1 is 0.488 bits per heavy atom. The molecule has 5 aromatic carbocycles. The number of hydrogen-bond acceptors (Lipinski definition) is 4. The van der Waals surface area contributed by atoms with Crippen LogP contribution in [0.1, 0.15) is 35.2 Å². The first kappa shape index (κ1) is 24.0. The van der Waals surface area contributed by atoms with Gasteiger partial charge in [0.05, 0.1) is 41.4 Å². The average Bonchev–Trinajstić information content (AvgIpc) is 3.40. The molecular weight excluding hydrogens is 502 g/mol. The van der Waals surface area contributed by atoms with Gasteiger partial charge < -0.3 is 4.57 Å². The van der Waals surface area contributed by atoms with Crippen molar-refractivity contribution < 1.29 is 0 Å². The smallest absolute Gasteiger partial charge is 0.0880 e. The first-order valence-electron chi connectivity index (χ1n) is 14.1. The minimum Gasteiger partial charge on any atom is -0.308 e. The van der Waals surface area contributed by atoms with Gasteiger partial charge in [0.2, 0.25) is 0 Å². The monoisotopic (exact) mass is 531 g/mol. The van der Waals surface area contributed by atoms with Gasteiger partial charge >= 0.3 is 0 Å². The predicted octanol–water partition coefficient (Wildman–Crippen LogP) is 7.51. The fraction of sp³-hybridized carbons (Fsp3) is 0.0833. The number of nitrogens with zero attached hydrogens (tertiary/aromatic N) is 2. The van der Waals surface area contributed by atoms with Gasteiger partial charge in [0.25, 0.3) is 0 Å². The molecule has 1 fully saturated rings. The summed E-state index contributed by atoms with van der Waals surface area (Å²) in [6, 6.07) is 45.1. The minimum atomic E-state index is -0.118. The summed E-state index contributed by atoms with van der Waals surface area (Å²) in [5.74, 6) is 0. The Morgan fingerprint density at radius 2 is 1.07 bits per heavy atom. The van der Waals surface area contributed by atoms with E-state index in [2.05, 4.69) is 148 Å². The number of para-hydroxylation sites is 1. The van der Waals surface area contributed by atoms with E-state index < -0.39 is 0 Å². The van der Waals surface area contributed by atoms with Crippen molar-refractivity contribution in [1.29, 1.82) is 0 Å². The van der Waals surface area contributed by atoms with E-state index in [9.17, 15) is 0 Å². The van der Waals surface area contributed by atoms with Gasteiger partial charge in [-0.3, -0.25) is 20.9 Å². The SMILES string of the molecule is c1ccc(C2NC(c3ccccc3)NC(c3cncc(-n4c5ccccc5c5c6ccccc6ccc54)c3)N2)cc1. The fourth-order valence-electron chi connectivity index (χ4n) is 6.26. The van der Waals surface area contributed by atoms with Crippen LogP contribution in [-0.4, -0.2) is 9.55 Å². The van der Waals surface area contributed by atoms with Gasteiger partial charge in [-0.05, 0) is 40.1 Å². The van der Waals surface area contributed by atoms with Crippen molar-refractivity contribution in [2.24, 2.45) is 0 Å². The molecule has 5 nitrogen and oxygen atoms in total. The summed E-state index contributed by atoms with van der Waals surface area (Å²) in [7, 11) is 0. The molecule has 3 N–H and O–H groups in total. The molecule has 3 heterocycles. The third kappa shape index (κ3) is 4.19. The number of benzene rings is 5. The number of nitrogens with one attached hydrogen (secondary N) is 3. The van der Waals surface area contributed by atoms with E-state index >= 15 is 0 Å². The molecule has 0 amide bonds. The molecular formula is C36H29N5. The Bertz CT molecular complexity index is 1950. The molecule has 1 saturated heterocycles. The molecule has 5 heteroatoms. The quantitative estimate of drug-likeness (QED) is 0.220. The highest BCUT2D eigenvalue weighted by Gasteiger charge is 2.30. The highest BCUT2D eigenvalue weighted by atomic mass is 15.4. The van der Waals surface area contributed by atoms with Crippen LogP contribution in [0.25, 0.3) is 38.3 Å². The van der Waals surface area contributed by atoms with E-state index in [0.717, 1.165) is 11.3 Å². The second-order valence-corrected chi connectivity index (χ2v) is 10.6. The zero-order valence-electron chi connectivity index (χ0n) is 22.4. The molecule has 2 unspecified atom stereocenters. The van der Waals surface area contributed by atoms with Gasteiger partial charge in [-0.15, -0.1) is 0 Å². The molecule has 0 bridgehead atoms. The zero-order chi connectivity index (χ0) is 27.2. The lowest BCUT2D eigenvalue weighted by atomic mass is 10.0. The van der Waals surface area contributed by atoms with Crippen molar-refractivity contribution >= 4 is 32.6 Å². The third-order valence-electron chi connectivity index (χ3n) is 8.16. The Balaban J connectivity index is 1.25. The van der Waals surface area contributed by atoms with Crippen molar-refractivity contribution in [3.8, 4) is 5.69 Å². The van der Waals surface area contributed by atoms with Crippen LogP contribution in [0.4, 0.5) is 0 Å². The molecule has 0 saturated carbocycles. The van der Waals surface area contributed by atoms with E-state index in [4.69, 9.17) is 4.98 Å². The van der Waals surface area contributed by atoms with Crippen LogP contribution >= 0.6 is 0 Å². The lowest BCUT2D eigenvalue weighted by Crippen LogP contribution is -2.54. The van der Waals surface area contributed by atoms with Crippen LogP contribution in [0.2, 0.25) is 0 Å². The Kier molecular flexibility index (Phi) is 5.85. The fourth-order valence-corrected chi connectivity index (χ4v) is 6.26. The molecule has 2 aromatic heterocycles. The molecule has 2 atom stereocenters. The van der Waals surface area contributed by atoms with Crippen LogP contribution in [-0.2, 0) is 0 Å². The Labute approximate surface area is 238 Å². The number of aromatic nitrogens is 2. The molecule has 1 aliphatic rings. The maximum absolute atomic E-state index is 4.77. The summed E-state index contributed by atoms with van der Waals surface area (Å²) in [6.07, 6.45) is 3.75. The molecule has 198 valence electrons. The number of fused-ring (bicyclic) bond motifs is 5. The summed E-state index contributed by atoms with van der Waals surface area (Å²) < 4.78 is 2.35. The van der Waals surface area contributed by atoms with Gasteiger partial charge in [0, 0.05) is 22.5 Å². The molecule has 0 radical (unpaired) electrons. The van der Waals surface area contributed by atoms with E-state index in [1.165, 1.54) is 43.7 Å². The lowest BCUT2D eigenvalue weighted by molar-refractivity contribution is 0.203. The summed E-state index contributed by atoms with van der Waals surface area (Å²) in [6.45, 7) is 0. The summed E-state index contributed by atoms with van der Waals surface area (Å²) >= 11 is 0. The van der Waals surface area contributed by atoms with Crippen molar-refractivity contribution in [3.05, 3.63) is 156 Å². The van der Waals surface area contributed by atoms with E-state index in [1.54, 1.807) is 0 Å². The normalized spacial score (nSPS) is 19.2. The van der Waals surface area contributed by atoms with E-state index in [-0.39, 0.29) is 18.5 Å². The third-order valence-corrected chi connectivity index (χ3v) is 8.16. The highest BCUT2D eigenvalue weighted by Crippen LogP contribution is 2.37. The maximum atomic E-state index is 4.77. The second kappa shape index (κ2) is 9.98. The predicted molar refractivity (Wildman–Crippen MR) is 167 cm³/mol. The lowest BCUT2D eigenvalue weighted by Gasteiger charge is -2.39. The summed E-state index contributed by atoms with van der Waals surface area (Å²) in [4.78, 5) is 4.77. The Hall–Kier alpha value is -4.81. The number of hydrogen-bond donors (Lipinski definition) is 3. The second-order valence-electron chi connectivity index (χ2n) is 10.6. The Morgan fingerprint density at radius 3 is 1.78 bits per heavy atom. The highest BCUT2D eigenvalue weighted by molar-refractivity contribution is 6.21. The van der Waals surface area contributed by atoms with E-state index in [0.29, 0.717) is 0 Å². The number of rotatable bonds is 4. The minimum absolute atomic E-state index is 0.0316. The summed E-state index contributed by atoms with van der Waals surface area (Å²) in [5.41, 5.74) is 6.86. The standard InChI is InChI=1S/C36H29N5/c1-3-12-25(13-4-1)34-38-35(26-14-5-2-6-15-26)40-36(39-34)27-21-28(23-37-22-27)41-31-18-10-9-17-30(31)33-29-16-8-7-11-24(29)19-20-32(33)41/h1-23,34-36,38-40H. The van der Waals surface area contributed by atoms with Gasteiger partial charge in [-0.1, -0.05) is 109 Å². The molecule has 8 rings (SSSR count). The molecule has 0 spiro atoms. The number of pyridine rings is 1. The maximum Gasteiger partial charge on any atom is 0.0880 e. The van der Waals surface area contributed by atoms with Crippen LogP contribution in [0.15, 0.2) is 140 Å². The molecule has 1 aliphatic heterocycles. The molecule has 41 heavy (non-hydrogen) atoms. The summed E-state index contributed by atoms with van der Waals surface area (Å²) in [5, 5.41) is 16.3. The van der Waals surface area contributed by atoms with Crippen molar-refractivity contribution in [1.82, 2.24) is 25.5 Å². The molecule has 7 aromatic rings. The average molecular weight is 532 g/mol. The van der Waals surface area contributed by atoms with Gasteiger partial charge in [0.15, 0.2) is 0 Å². The first-order valence-corrected chi connectivity index (χ1v) is 14.1. The van der Waals surface area contributed by atoms with Crippen LogP contribution in [0.3, 0.4) is 0 Å². The van der Waals surface area contributed by atoms with Crippen molar-refractivity contribution in [2.45, 2.75) is 18.5 Å². The van der Waals surface area contributed by atoms with Crippen molar-refractivity contribution in [3.63, 3.8) is 0 Å². The van der Waals surface area contributed by atoms with Gasteiger partial charge in [-0.25, -0.2) is 0 Å². The van der Waals surface area contributed by atoms with Gasteiger partial charge in [0.1, 0.15) is 0 Å². The molecule has 0 aliphatic carbocycles. The van der Waals surface area contributed by atoms with Crippen LogP contribution in [0.5, 0.6) is 0 Å². The first-order chi connectivity index (χ1) is 20.3. The van der Waals surface area contributed by atoms with Crippen molar-refractivity contribution in [2.75, 3.05) is 0 Å². The zero-order valence-corrected chi connectivity index (χ0v) is 22.4. The van der Waals surface area contributed by atoms with E-state index in [1.807, 2.05) is 12.4 Å².